The van der Waals surface area contributed by atoms with Gasteiger partial charge in [-0.1, -0.05) is 34.5 Å². The molecule has 2 aliphatic rings. The SMILES string of the molecule is COc1ccc(Cl)c2sc(N(CC3CCCO3)C(=O)C3CCN(S(=O)(=O)c4ccc(Cl)s4)CC3)nc12. The minimum Gasteiger partial charge on any atom is -0.494 e. The molecule has 36 heavy (non-hydrogen) atoms. The second kappa shape index (κ2) is 10.7. The number of halogens is 2. The molecule has 194 valence electrons. The quantitative estimate of drug-likeness (QED) is 0.372. The van der Waals surface area contributed by atoms with E-state index in [9.17, 15) is 13.2 Å². The number of hydrogen-bond donors (Lipinski definition) is 0. The first kappa shape index (κ1) is 26.1. The Bertz CT molecular complexity index is 1360. The molecule has 2 fully saturated rings. The van der Waals surface area contributed by atoms with Crippen LogP contribution in [0.4, 0.5) is 5.13 Å². The van der Waals surface area contributed by atoms with Crippen LogP contribution in [0.5, 0.6) is 5.75 Å². The predicted octanol–water partition coefficient (Wildman–Crippen LogP) is 5.29. The van der Waals surface area contributed by atoms with Crippen molar-refractivity contribution in [3.63, 3.8) is 0 Å². The molecule has 0 spiro atoms. The number of ether oxygens (including phenoxy) is 2. The number of aromatic nitrogens is 1. The maximum absolute atomic E-state index is 13.8. The second-order valence-electron chi connectivity index (χ2n) is 8.74. The molecule has 4 heterocycles. The summed E-state index contributed by atoms with van der Waals surface area (Å²) in [6.07, 6.45) is 2.61. The fourth-order valence-electron chi connectivity index (χ4n) is 4.60. The zero-order chi connectivity index (χ0) is 25.4. The highest BCUT2D eigenvalue weighted by atomic mass is 35.5. The summed E-state index contributed by atoms with van der Waals surface area (Å²) in [7, 11) is -2.06. The van der Waals surface area contributed by atoms with Gasteiger partial charge < -0.3 is 9.47 Å². The van der Waals surface area contributed by atoms with E-state index in [1.165, 1.54) is 21.7 Å². The third-order valence-electron chi connectivity index (χ3n) is 6.52. The van der Waals surface area contributed by atoms with E-state index < -0.39 is 10.0 Å². The van der Waals surface area contributed by atoms with Gasteiger partial charge >= 0.3 is 0 Å². The molecule has 0 aliphatic carbocycles. The lowest BCUT2D eigenvalue weighted by molar-refractivity contribution is -0.123. The maximum Gasteiger partial charge on any atom is 0.252 e. The van der Waals surface area contributed by atoms with Crippen LogP contribution in [0, 0.1) is 5.92 Å². The smallest absolute Gasteiger partial charge is 0.252 e. The Morgan fingerprint density at radius 2 is 1.97 bits per heavy atom. The van der Waals surface area contributed by atoms with Crippen molar-refractivity contribution in [1.29, 1.82) is 0 Å². The number of hydrogen-bond acceptors (Lipinski definition) is 8. The average Bonchev–Trinajstić information content (AvgIpc) is 3.64. The zero-order valence-electron chi connectivity index (χ0n) is 19.5. The number of carbonyl (C=O) groups is 1. The van der Waals surface area contributed by atoms with Gasteiger partial charge in [-0.3, -0.25) is 9.69 Å². The minimum absolute atomic E-state index is 0.0672. The molecule has 0 saturated carbocycles. The Morgan fingerprint density at radius 1 is 1.19 bits per heavy atom. The number of methoxy groups -OCH3 is 1. The average molecular weight is 591 g/mol. The lowest BCUT2D eigenvalue weighted by Crippen LogP contribution is -2.46. The second-order valence-corrected chi connectivity index (χ2v) is 14.0. The highest BCUT2D eigenvalue weighted by molar-refractivity contribution is 7.91. The number of benzene rings is 1. The van der Waals surface area contributed by atoms with Gasteiger partial charge in [-0.05, 0) is 49.9 Å². The molecule has 5 rings (SSSR count). The van der Waals surface area contributed by atoms with Crippen LogP contribution in [0.3, 0.4) is 0 Å². The largest absolute Gasteiger partial charge is 0.494 e. The van der Waals surface area contributed by atoms with Crippen LogP contribution in [0.2, 0.25) is 9.36 Å². The number of amides is 1. The summed E-state index contributed by atoms with van der Waals surface area (Å²) >= 11 is 14.8. The van der Waals surface area contributed by atoms with Gasteiger partial charge in [0.2, 0.25) is 5.91 Å². The van der Waals surface area contributed by atoms with E-state index in [2.05, 4.69) is 0 Å². The number of anilines is 1. The summed E-state index contributed by atoms with van der Waals surface area (Å²) < 4.78 is 40.1. The standard InChI is InChI=1S/C23H25Cl2N3O5S3/c1-32-17-5-4-16(24)21-20(17)26-23(35-21)28(13-15-3-2-12-33-15)22(29)14-8-10-27(11-9-14)36(30,31)19-7-6-18(25)34-19/h4-7,14-15H,2-3,8-13H2,1H3. The van der Waals surface area contributed by atoms with Crippen molar-refractivity contribution in [1.82, 2.24) is 9.29 Å². The summed E-state index contributed by atoms with van der Waals surface area (Å²) in [4.78, 5) is 20.3. The maximum atomic E-state index is 13.8. The Hall–Kier alpha value is -1.47. The van der Waals surface area contributed by atoms with Gasteiger partial charge in [0.25, 0.3) is 10.0 Å². The van der Waals surface area contributed by atoms with Crippen molar-refractivity contribution in [3.8, 4) is 5.75 Å². The van der Waals surface area contributed by atoms with Crippen LogP contribution in [-0.2, 0) is 19.6 Å². The highest BCUT2D eigenvalue weighted by Gasteiger charge is 2.37. The summed E-state index contributed by atoms with van der Waals surface area (Å²) in [5, 5.41) is 1.09. The summed E-state index contributed by atoms with van der Waals surface area (Å²) in [6.45, 7) is 1.60. The van der Waals surface area contributed by atoms with Gasteiger partial charge in [0.15, 0.2) is 5.13 Å². The van der Waals surface area contributed by atoms with Gasteiger partial charge in [-0.2, -0.15) is 4.31 Å². The molecule has 1 atom stereocenters. The van der Waals surface area contributed by atoms with Crippen molar-refractivity contribution in [2.24, 2.45) is 5.92 Å². The number of piperidine rings is 1. The lowest BCUT2D eigenvalue weighted by atomic mass is 9.96. The van der Waals surface area contributed by atoms with E-state index in [4.69, 9.17) is 37.7 Å². The van der Waals surface area contributed by atoms with Crippen molar-refractivity contribution in [2.75, 3.05) is 38.3 Å². The zero-order valence-corrected chi connectivity index (χ0v) is 23.4. The van der Waals surface area contributed by atoms with Crippen molar-refractivity contribution < 1.29 is 22.7 Å². The monoisotopic (exact) mass is 589 g/mol. The Labute approximate surface area is 227 Å². The molecule has 0 bridgehead atoms. The van der Waals surface area contributed by atoms with E-state index in [1.807, 2.05) is 0 Å². The van der Waals surface area contributed by atoms with Gasteiger partial charge in [0, 0.05) is 25.6 Å². The molecule has 1 amide bonds. The summed E-state index contributed by atoms with van der Waals surface area (Å²) in [6, 6.07) is 6.62. The third kappa shape index (κ3) is 5.11. The predicted molar refractivity (Wildman–Crippen MR) is 143 cm³/mol. The van der Waals surface area contributed by atoms with E-state index in [0.29, 0.717) is 51.8 Å². The Kier molecular flexibility index (Phi) is 7.79. The van der Waals surface area contributed by atoms with Crippen LogP contribution in [0.25, 0.3) is 10.2 Å². The molecule has 1 unspecified atom stereocenters. The first-order chi connectivity index (χ1) is 17.3. The lowest BCUT2D eigenvalue weighted by Gasteiger charge is -2.33. The Morgan fingerprint density at radius 3 is 2.61 bits per heavy atom. The molecule has 2 aromatic heterocycles. The van der Waals surface area contributed by atoms with Crippen molar-refractivity contribution in [2.45, 2.75) is 36.0 Å². The molecule has 2 saturated heterocycles. The fourth-order valence-corrected chi connectivity index (χ4v) is 8.98. The summed E-state index contributed by atoms with van der Waals surface area (Å²) in [5.74, 6) is 0.193. The normalized spacial score (nSPS) is 19.7. The van der Waals surface area contributed by atoms with Gasteiger partial charge in [-0.15, -0.1) is 11.3 Å². The van der Waals surface area contributed by atoms with Gasteiger partial charge in [0.05, 0.1) is 33.8 Å². The molecule has 3 aromatic rings. The van der Waals surface area contributed by atoms with E-state index in [1.54, 1.807) is 30.2 Å². The van der Waals surface area contributed by atoms with E-state index in [0.717, 1.165) is 28.9 Å². The van der Waals surface area contributed by atoms with Crippen LogP contribution < -0.4 is 9.64 Å². The van der Waals surface area contributed by atoms with Crippen LogP contribution in [-0.4, -0.2) is 63.1 Å². The first-order valence-corrected chi connectivity index (χ1v) is 15.4. The number of thiazole rings is 1. The number of fused-ring (bicyclic) bond motifs is 1. The number of nitrogens with zero attached hydrogens (tertiary/aromatic N) is 3. The van der Waals surface area contributed by atoms with E-state index in [-0.39, 0.29) is 35.2 Å². The van der Waals surface area contributed by atoms with Crippen LogP contribution >= 0.6 is 45.9 Å². The topological polar surface area (TPSA) is 89.0 Å². The molecule has 2 aliphatic heterocycles. The first-order valence-electron chi connectivity index (χ1n) is 11.6. The molecule has 8 nitrogen and oxygen atoms in total. The molecule has 0 N–H and O–H groups in total. The number of carbonyl (C=O) groups excluding carboxylic acids is 1. The molecular formula is C23H25Cl2N3O5S3. The minimum atomic E-state index is -3.63. The highest BCUT2D eigenvalue weighted by Crippen LogP contribution is 2.40. The molecule has 13 heteroatoms. The van der Waals surface area contributed by atoms with Gasteiger partial charge in [0.1, 0.15) is 15.5 Å². The Balaban J connectivity index is 1.38. The molecular weight excluding hydrogens is 565 g/mol. The van der Waals surface area contributed by atoms with Crippen molar-refractivity contribution >= 4 is 77.2 Å². The van der Waals surface area contributed by atoms with Crippen LogP contribution in [0.1, 0.15) is 25.7 Å². The third-order valence-corrected chi connectivity index (χ3v) is 11.7. The van der Waals surface area contributed by atoms with Crippen LogP contribution in [0.15, 0.2) is 28.5 Å². The molecule has 1 aromatic carbocycles. The van der Waals surface area contributed by atoms with E-state index >= 15 is 0 Å². The molecule has 0 radical (unpaired) electrons. The number of thiophene rings is 1. The fraction of sp³-hybridized carbons (Fsp3) is 0.478. The summed E-state index contributed by atoms with van der Waals surface area (Å²) in [5.41, 5.74) is 0.616. The number of sulfonamides is 1. The van der Waals surface area contributed by atoms with Gasteiger partial charge in [-0.25, -0.2) is 13.4 Å². The number of rotatable bonds is 7. The van der Waals surface area contributed by atoms with Crippen molar-refractivity contribution in [3.05, 3.63) is 33.6 Å².